The highest BCUT2D eigenvalue weighted by Gasteiger charge is 2.33. The molecular weight excluding hydrogens is 388 g/mol. The molecule has 1 N–H and O–H groups in total. The summed E-state index contributed by atoms with van der Waals surface area (Å²) in [6.07, 6.45) is 0.851. The number of ketones is 2. The Morgan fingerprint density at radius 2 is 1.45 bits per heavy atom. The second kappa shape index (κ2) is 9.37. The number of aliphatic hydroxyl groups excluding tert-OH is 1. The van der Waals surface area contributed by atoms with Crippen LogP contribution in [0.2, 0.25) is 0 Å². The molecule has 0 saturated heterocycles. The monoisotopic (exact) mass is 410 g/mol. The number of aliphatic hydroxyl groups is 1. The average Bonchev–Trinajstić information content (AvgIpc) is 3.09. The van der Waals surface area contributed by atoms with Crippen molar-refractivity contribution in [2.75, 3.05) is 0 Å². The predicted octanol–water partition coefficient (Wildman–Crippen LogP) is 5.28. The third-order valence-corrected chi connectivity index (χ3v) is 5.16. The molecule has 31 heavy (non-hydrogen) atoms. The number of hydrogen-bond donors (Lipinski definition) is 1. The maximum Gasteiger partial charge on any atom is 0.228 e. The maximum atomic E-state index is 13.1. The molecule has 1 aliphatic heterocycles. The van der Waals surface area contributed by atoms with Crippen LogP contribution in [0.15, 0.2) is 108 Å². The first-order valence-corrected chi connectivity index (χ1v) is 10.1. The van der Waals surface area contributed by atoms with Crippen LogP contribution in [-0.4, -0.2) is 16.7 Å². The molecule has 4 nitrogen and oxygen atoms in total. The predicted molar refractivity (Wildman–Crippen MR) is 119 cm³/mol. The van der Waals surface area contributed by atoms with Crippen molar-refractivity contribution in [3.63, 3.8) is 0 Å². The van der Waals surface area contributed by atoms with Crippen LogP contribution in [-0.2, 0) is 9.53 Å². The van der Waals surface area contributed by atoms with Crippen molar-refractivity contribution < 1.29 is 19.4 Å². The number of hydrogen-bond acceptors (Lipinski definition) is 4. The minimum atomic E-state index is -0.845. The third-order valence-electron chi connectivity index (χ3n) is 5.16. The van der Waals surface area contributed by atoms with Gasteiger partial charge in [-0.2, -0.15) is 0 Å². The van der Waals surface area contributed by atoms with Gasteiger partial charge in [0.2, 0.25) is 5.78 Å². The molecule has 4 rings (SSSR count). The Hall–Kier alpha value is -3.76. The maximum absolute atomic E-state index is 13.1. The molecule has 0 aromatic heterocycles. The van der Waals surface area contributed by atoms with Gasteiger partial charge in [0, 0.05) is 24.0 Å². The first kappa shape index (κ1) is 20.5. The first-order chi connectivity index (χ1) is 15.1. The van der Waals surface area contributed by atoms with Gasteiger partial charge < -0.3 is 9.84 Å². The largest absolute Gasteiger partial charge is 0.457 e. The van der Waals surface area contributed by atoms with Gasteiger partial charge in [-0.15, -0.1) is 0 Å². The lowest BCUT2D eigenvalue weighted by Gasteiger charge is -2.12. The van der Waals surface area contributed by atoms with Crippen molar-refractivity contribution in [1.82, 2.24) is 0 Å². The zero-order valence-electron chi connectivity index (χ0n) is 16.9. The Morgan fingerprint density at radius 3 is 2.10 bits per heavy atom. The average molecular weight is 410 g/mol. The van der Waals surface area contributed by atoms with Crippen LogP contribution >= 0.6 is 0 Å². The molecule has 0 radical (unpaired) electrons. The summed E-state index contributed by atoms with van der Waals surface area (Å²) in [5.74, 6) is 0.0220. The van der Waals surface area contributed by atoms with Crippen molar-refractivity contribution in [2.45, 2.75) is 18.9 Å². The van der Waals surface area contributed by atoms with Gasteiger partial charge in [-0.05, 0) is 17.2 Å². The lowest BCUT2D eigenvalue weighted by Crippen LogP contribution is -2.08. The van der Waals surface area contributed by atoms with Crippen molar-refractivity contribution in [1.29, 1.82) is 0 Å². The van der Waals surface area contributed by atoms with Crippen molar-refractivity contribution >= 4 is 17.6 Å². The fourth-order valence-corrected chi connectivity index (χ4v) is 3.51. The van der Waals surface area contributed by atoms with E-state index in [0.29, 0.717) is 16.9 Å². The van der Waals surface area contributed by atoms with Crippen molar-refractivity contribution in [3.8, 4) is 0 Å². The second-order valence-corrected chi connectivity index (χ2v) is 7.35. The van der Waals surface area contributed by atoms with E-state index in [-0.39, 0.29) is 30.2 Å². The van der Waals surface area contributed by atoms with Crippen LogP contribution in [0, 0.1) is 0 Å². The molecule has 0 fully saturated rings. The van der Waals surface area contributed by atoms with Gasteiger partial charge in [0.1, 0.15) is 5.76 Å². The number of rotatable bonds is 7. The van der Waals surface area contributed by atoms with E-state index in [0.717, 1.165) is 11.1 Å². The molecule has 1 atom stereocenters. The summed E-state index contributed by atoms with van der Waals surface area (Å²) in [7, 11) is 0. The molecular formula is C27H22O4. The number of benzene rings is 3. The van der Waals surface area contributed by atoms with Crippen molar-refractivity contribution in [3.05, 3.63) is 125 Å². The summed E-state index contributed by atoms with van der Waals surface area (Å²) >= 11 is 0. The van der Waals surface area contributed by atoms with Crippen LogP contribution < -0.4 is 0 Å². The molecule has 3 aromatic rings. The summed E-state index contributed by atoms with van der Waals surface area (Å²) in [6.45, 7) is 0. The summed E-state index contributed by atoms with van der Waals surface area (Å²) in [5, 5.41) is 10.7. The Balaban J connectivity index is 1.63. The van der Waals surface area contributed by atoms with Crippen molar-refractivity contribution in [2.24, 2.45) is 0 Å². The quantitative estimate of drug-likeness (QED) is 0.425. The summed E-state index contributed by atoms with van der Waals surface area (Å²) in [5.41, 5.74) is 2.38. The fraction of sp³-hybridized carbons (Fsp3) is 0.111. The number of Topliss-reactive ketones (excluding diaryl/α,β-unsaturated/α-hetero) is 2. The number of carbonyl (C=O) groups excluding carboxylic acids is 2. The molecule has 0 spiro atoms. The molecule has 154 valence electrons. The zero-order chi connectivity index (χ0) is 21.6. The molecule has 0 amide bonds. The van der Waals surface area contributed by atoms with Crippen LogP contribution in [0.4, 0.5) is 0 Å². The minimum Gasteiger partial charge on any atom is -0.457 e. The molecule has 1 heterocycles. The van der Waals surface area contributed by atoms with Gasteiger partial charge in [-0.25, -0.2) is 0 Å². The standard InChI is InChI=1S/C27H22O4/c28-23(20-12-6-2-7-13-20)17-22-25(18-24(29)21-14-8-3-9-15-21)31-26(27(22)30)16-19-10-4-1-5-11-19/h1-16,24,29H,17-18H2/b26-16-. The van der Waals surface area contributed by atoms with Gasteiger partial charge in [-0.1, -0.05) is 91.0 Å². The van der Waals surface area contributed by atoms with E-state index in [1.54, 1.807) is 30.3 Å². The Kier molecular flexibility index (Phi) is 6.20. The van der Waals surface area contributed by atoms with E-state index in [4.69, 9.17) is 4.74 Å². The highest BCUT2D eigenvalue weighted by molar-refractivity contribution is 6.15. The number of ether oxygens (including phenoxy) is 1. The number of allylic oxidation sites excluding steroid dienone is 1. The smallest absolute Gasteiger partial charge is 0.228 e. The fourth-order valence-electron chi connectivity index (χ4n) is 3.51. The zero-order valence-corrected chi connectivity index (χ0v) is 16.9. The first-order valence-electron chi connectivity index (χ1n) is 10.1. The lowest BCUT2D eigenvalue weighted by molar-refractivity contribution is -0.113. The van der Waals surface area contributed by atoms with E-state index in [9.17, 15) is 14.7 Å². The molecule has 0 saturated carbocycles. The molecule has 0 aliphatic carbocycles. The Morgan fingerprint density at radius 1 is 0.871 bits per heavy atom. The second-order valence-electron chi connectivity index (χ2n) is 7.35. The summed E-state index contributed by atoms with van der Waals surface area (Å²) in [4.78, 5) is 25.9. The van der Waals surface area contributed by atoms with Crippen LogP contribution in [0.3, 0.4) is 0 Å². The van der Waals surface area contributed by atoms with E-state index >= 15 is 0 Å². The van der Waals surface area contributed by atoms with Crippen LogP contribution in [0.5, 0.6) is 0 Å². The minimum absolute atomic E-state index is 0.0776. The Labute approximate surface area is 181 Å². The van der Waals surface area contributed by atoms with E-state index < -0.39 is 6.10 Å². The van der Waals surface area contributed by atoms with E-state index in [1.165, 1.54) is 0 Å². The van der Waals surface area contributed by atoms with Crippen LogP contribution in [0.1, 0.15) is 40.4 Å². The lowest BCUT2D eigenvalue weighted by atomic mass is 9.96. The van der Waals surface area contributed by atoms with Gasteiger partial charge in [0.25, 0.3) is 0 Å². The van der Waals surface area contributed by atoms with Gasteiger partial charge >= 0.3 is 0 Å². The Bertz CT molecular complexity index is 1130. The molecule has 1 unspecified atom stereocenters. The molecule has 3 aromatic carbocycles. The highest BCUT2D eigenvalue weighted by atomic mass is 16.5. The third kappa shape index (κ3) is 4.87. The van der Waals surface area contributed by atoms with E-state index in [2.05, 4.69) is 0 Å². The van der Waals surface area contributed by atoms with Gasteiger partial charge in [0.05, 0.1) is 6.10 Å². The normalized spacial score (nSPS) is 15.8. The summed E-state index contributed by atoms with van der Waals surface area (Å²) in [6, 6.07) is 27.4. The summed E-state index contributed by atoms with van der Waals surface area (Å²) < 4.78 is 5.90. The number of carbonyl (C=O) groups is 2. The van der Waals surface area contributed by atoms with E-state index in [1.807, 2.05) is 66.7 Å². The van der Waals surface area contributed by atoms with Gasteiger partial charge in [0.15, 0.2) is 11.5 Å². The molecule has 0 bridgehead atoms. The molecule has 4 heteroatoms. The van der Waals surface area contributed by atoms with Gasteiger partial charge in [-0.3, -0.25) is 9.59 Å². The molecule has 1 aliphatic rings. The SMILES string of the molecule is O=C1C(CC(=O)c2ccccc2)=C(CC(O)c2ccccc2)O/C1=C\c1ccccc1. The van der Waals surface area contributed by atoms with Crippen LogP contribution in [0.25, 0.3) is 6.08 Å². The topological polar surface area (TPSA) is 63.6 Å². The highest BCUT2D eigenvalue weighted by Crippen LogP contribution is 2.35.